The van der Waals surface area contributed by atoms with Crippen molar-refractivity contribution in [1.82, 2.24) is 0 Å². The summed E-state index contributed by atoms with van der Waals surface area (Å²) in [5, 5.41) is 0. The van der Waals surface area contributed by atoms with Crippen LogP contribution in [0.1, 0.15) is 26.3 Å². The van der Waals surface area contributed by atoms with Gasteiger partial charge >= 0.3 is 0 Å². The summed E-state index contributed by atoms with van der Waals surface area (Å²) in [4.78, 5) is 25.5. The zero-order valence-electron chi connectivity index (χ0n) is 10.6. The summed E-state index contributed by atoms with van der Waals surface area (Å²) in [6.45, 7) is 5.39. The molecule has 0 N–H and O–H groups in total. The van der Waals surface area contributed by atoms with E-state index in [0.29, 0.717) is 16.8 Å². The maximum absolute atomic E-state index is 12.1. The Labute approximate surface area is 115 Å². The molecule has 4 heteroatoms. The highest BCUT2D eigenvalue weighted by molar-refractivity contribution is 9.10. The fourth-order valence-corrected chi connectivity index (χ4v) is 2.43. The lowest BCUT2D eigenvalue weighted by Crippen LogP contribution is -2.32. The number of hydrogen-bond acceptors (Lipinski definition) is 2. The normalized spacial score (nSPS) is 15.9. The third-order valence-corrected chi connectivity index (χ3v) is 3.77. The van der Waals surface area contributed by atoms with E-state index in [2.05, 4.69) is 15.9 Å². The highest BCUT2D eigenvalue weighted by Gasteiger charge is 2.35. The summed E-state index contributed by atoms with van der Waals surface area (Å²) < 4.78 is 0.948. The molecule has 1 aliphatic heterocycles. The van der Waals surface area contributed by atoms with Crippen molar-refractivity contribution in [2.75, 3.05) is 4.90 Å². The molecule has 1 aromatic rings. The quantitative estimate of drug-likeness (QED) is 0.787. The van der Waals surface area contributed by atoms with Crippen LogP contribution >= 0.6 is 15.9 Å². The molecule has 2 rings (SSSR count). The molecule has 0 bridgehead atoms. The van der Waals surface area contributed by atoms with Crippen LogP contribution < -0.4 is 4.90 Å². The first kappa shape index (κ1) is 13.0. The predicted octanol–water partition coefficient (Wildman–Crippen LogP) is 3.22. The van der Waals surface area contributed by atoms with E-state index in [1.807, 2.05) is 25.1 Å². The molecule has 94 valence electrons. The molecule has 0 aliphatic carbocycles. The van der Waals surface area contributed by atoms with E-state index < -0.39 is 0 Å². The van der Waals surface area contributed by atoms with Gasteiger partial charge in [0.05, 0.1) is 5.69 Å². The van der Waals surface area contributed by atoms with Gasteiger partial charge < -0.3 is 0 Å². The third-order valence-electron chi connectivity index (χ3n) is 3.27. The minimum absolute atomic E-state index is 0.213. The van der Waals surface area contributed by atoms with Gasteiger partial charge in [0.15, 0.2) is 0 Å². The molecule has 1 aliphatic rings. The maximum atomic E-state index is 12.1. The topological polar surface area (TPSA) is 37.4 Å². The Kier molecular flexibility index (Phi) is 3.39. The first-order chi connectivity index (χ1) is 8.47. The molecule has 0 unspecified atom stereocenters. The minimum atomic E-state index is -0.213. The molecule has 2 amide bonds. The van der Waals surface area contributed by atoms with Crippen molar-refractivity contribution in [1.29, 1.82) is 0 Å². The Hall–Kier alpha value is -1.42. The molecule has 0 radical (unpaired) electrons. The van der Waals surface area contributed by atoms with Crippen LogP contribution in [0.4, 0.5) is 5.69 Å². The number of carbonyl (C=O) groups excluding carboxylic acids is 2. The number of nitrogens with zero attached hydrogens (tertiary/aromatic N) is 1. The van der Waals surface area contributed by atoms with E-state index in [4.69, 9.17) is 0 Å². The Morgan fingerprint density at radius 3 is 2.17 bits per heavy atom. The van der Waals surface area contributed by atoms with E-state index in [-0.39, 0.29) is 11.8 Å². The molecule has 3 nitrogen and oxygen atoms in total. The molecule has 0 saturated carbocycles. The Morgan fingerprint density at radius 1 is 1.11 bits per heavy atom. The van der Waals surface area contributed by atoms with Gasteiger partial charge in [0.25, 0.3) is 11.8 Å². The molecule has 0 saturated heterocycles. The number of hydrogen-bond donors (Lipinski definition) is 0. The first-order valence-corrected chi connectivity index (χ1v) is 6.61. The van der Waals surface area contributed by atoms with Crippen LogP contribution in [0.25, 0.3) is 0 Å². The average Bonchev–Trinajstić information content (AvgIpc) is 2.55. The molecular formula is C14H14BrNO2. The number of halogens is 1. The third kappa shape index (κ3) is 1.90. The Morgan fingerprint density at radius 2 is 1.67 bits per heavy atom. The number of carbonyl (C=O) groups is 2. The zero-order valence-corrected chi connectivity index (χ0v) is 12.2. The second-order valence-electron chi connectivity index (χ2n) is 4.32. The molecule has 0 aromatic heterocycles. The van der Waals surface area contributed by atoms with Gasteiger partial charge in [-0.2, -0.15) is 0 Å². The summed E-state index contributed by atoms with van der Waals surface area (Å²) in [5.41, 5.74) is 2.73. The number of imide groups is 1. The van der Waals surface area contributed by atoms with E-state index >= 15 is 0 Å². The van der Waals surface area contributed by atoms with Crippen molar-refractivity contribution >= 4 is 33.4 Å². The number of amides is 2. The lowest BCUT2D eigenvalue weighted by Gasteiger charge is -2.18. The van der Waals surface area contributed by atoms with Gasteiger partial charge in [0.2, 0.25) is 0 Å². The fraction of sp³-hybridized carbons (Fsp3) is 0.286. The number of rotatable bonds is 2. The van der Waals surface area contributed by atoms with Crippen LogP contribution in [0.3, 0.4) is 0 Å². The number of anilines is 1. The van der Waals surface area contributed by atoms with Crippen LogP contribution in [0.15, 0.2) is 33.8 Å². The van der Waals surface area contributed by atoms with E-state index in [1.54, 1.807) is 13.8 Å². The monoisotopic (exact) mass is 307 g/mol. The van der Waals surface area contributed by atoms with E-state index in [9.17, 15) is 9.59 Å². The maximum Gasteiger partial charge on any atom is 0.261 e. The highest BCUT2D eigenvalue weighted by Crippen LogP contribution is 2.31. The Bertz CT molecular complexity index is 551. The van der Waals surface area contributed by atoms with Gasteiger partial charge in [-0.3, -0.25) is 9.59 Å². The lowest BCUT2D eigenvalue weighted by atomic mass is 10.1. The van der Waals surface area contributed by atoms with Crippen molar-refractivity contribution in [3.05, 3.63) is 39.4 Å². The van der Waals surface area contributed by atoms with Crippen molar-refractivity contribution in [3.8, 4) is 0 Å². The van der Waals surface area contributed by atoms with Crippen molar-refractivity contribution in [2.24, 2.45) is 0 Å². The van der Waals surface area contributed by atoms with Gasteiger partial charge in [-0.15, -0.1) is 0 Å². The zero-order chi connectivity index (χ0) is 13.4. The van der Waals surface area contributed by atoms with E-state index in [1.165, 1.54) is 4.90 Å². The second-order valence-corrected chi connectivity index (χ2v) is 5.24. The van der Waals surface area contributed by atoms with Crippen LogP contribution in [-0.4, -0.2) is 11.8 Å². The average molecular weight is 308 g/mol. The summed E-state index contributed by atoms with van der Waals surface area (Å²) in [7, 11) is 0. The van der Waals surface area contributed by atoms with Gasteiger partial charge in [0.1, 0.15) is 0 Å². The standard InChI is InChI=1S/C14H14BrNO2/c1-4-10-7-11(15)5-6-12(10)16-13(17)8(2)9(3)14(16)18/h5-7H,4H2,1-3H3. The highest BCUT2D eigenvalue weighted by atomic mass is 79.9. The minimum Gasteiger partial charge on any atom is -0.269 e. The first-order valence-electron chi connectivity index (χ1n) is 5.82. The smallest absolute Gasteiger partial charge is 0.261 e. The van der Waals surface area contributed by atoms with E-state index in [0.717, 1.165) is 16.5 Å². The second kappa shape index (κ2) is 4.69. The lowest BCUT2D eigenvalue weighted by molar-refractivity contribution is -0.120. The molecule has 0 atom stereocenters. The molecule has 1 heterocycles. The van der Waals surface area contributed by atoms with Crippen LogP contribution in [0.2, 0.25) is 0 Å². The molecule has 0 fully saturated rings. The Balaban J connectivity index is 2.52. The predicted molar refractivity (Wildman–Crippen MR) is 74.4 cm³/mol. The summed E-state index contributed by atoms with van der Waals surface area (Å²) >= 11 is 3.40. The van der Waals surface area contributed by atoms with Gasteiger partial charge in [-0.05, 0) is 44.0 Å². The van der Waals surface area contributed by atoms with Crippen LogP contribution in [0.5, 0.6) is 0 Å². The summed E-state index contributed by atoms with van der Waals surface area (Å²) in [6.07, 6.45) is 0.768. The molecule has 0 spiro atoms. The molecule has 1 aromatic carbocycles. The van der Waals surface area contributed by atoms with Crippen molar-refractivity contribution in [3.63, 3.8) is 0 Å². The van der Waals surface area contributed by atoms with Gasteiger partial charge in [0, 0.05) is 15.6 Å². The molecular weight excluding hydrogens is 294 g/mol. The van der Waals surface area contributed by atoms with Gasteiger partial charge in [-0.25, -0.2) is 4.90 Å². The van der Waals surface area contributed by atoms with Crippen LogP contribution in [0, 0.1) is 0 Å². The number of benzene rings is 1. The molecule has 18 heavy (non-hydrogen) atoms. The SMILES string of the molecule is CCc1cc(Br)ccc1N1C(=O)C(C)=C(C)C1=O. The largest absolute Gasteiger partial charge is 0.269 e. The fourth-order valence-electron chi connectivity index (χ4n) is 2.02. The van der Waals surface area contributed by atoms with Crippen molar-refractivity contribution < 1.29 is 9.59 Å². The van der Waals surface area contributed by atoms with Crippen LogP contribution in [-0.2, 0) is 16.0 Å². The number of aryl methyl sites for hydroxylation is 1. The summed E-state index contributed by atoms with van der Waals surface area (Å²) in [6, 6.07) is 5.60. The van der Waals surface area contributed by atoms with Crippen molar-refractivity contribution in [2.45, 2.75) is 27.2 Å². The summed E-state index contributed by atoms with van der Waals surface area (Å²) in [5.74, 6) is -0.427. The van der Waals surface area contributed by atoms with Gasteiger partial charge in [-0.1, -0.05) is 22.9 Å².